The van der Waals surface area contributed by atoms with Gasteiger partial charge < -0.3 is 0 Å². The van der Waals surface area contributed by atoms with Gasteiger partial charge in [0.2, 0.25) is 0 Å². The van der Waals surface area contributed by atoms with Crippen molar-refractivity contribution in [3.05, 3.63) is 0 Å². The van der Waals surface area contributed by atoms with E-state index in [-0.39, 0.29) is 5.92 Å². The molecule has 4 heteroatoms. The first-order chi connectivity index (χ1) is 7.91. The minimum atomic E-state index is -3.85. The Balaban J connectivity index is 2.22. The molecule has 0 aromatic rings. The van der Waals surface area contributed by atoms with Crippen LogP contribution in [0.15, 0.2) is 0 Å². The molecule has 2 fully saturated rings. The van der Waals surface area contributed by atoms with Crippen LogP contribution in [0.1, 0.15) is 52.4 Å². The van der Waals surface area contributed by atoms with E-state index in [4.69, 9.17) is 0 Å². The van der Waals surface area contributed by atoms with Crippen LogP contribution in [0.25, 0.3) is 0 Å². The SMILES string of the molecule is CC(C)C1CCC(S(=O)(=O)O)C2CCCCC12. The minimum absolute atomic E-state index is 0.208. The topological polar surface area (TPSA) is 54.4 Å². The monoisotopic (exact) mass is 260 g/mol. The highest BCUT2D eigenvalue weighted by atomic mass is 32.2. The van der Waals surface area contributed by atoms with Gasteiger partial charge in [-0.25, -0.2) is 0 Å². The Labute approximate surface area is 105 Å². The predicted molar refractivity (Wildman–Crippen MR) is 68.3 cm³/mol. The number of hydrogen-bond donors (Lipinski definition) is 1. The molecular formula is C13H24O3S. The molecule has 2 rings (SSSR count). The first-order valence-electron chi connectivity index (χ1n) is 6.87. The van der Waals surface area contributed by atoms with Gasteiger partial charge in [-0.2, -0.15) is 8.42 Å². The highest BCUT2D eigenvalue weighted by molar-refractivity contribution is 7.86. The van der Waals surface area contributed by atoms with Gasteiger partial charge >= 0.3 is 0 Å². The molecule has 4 atom stereocenters. The molecule has 2 saturated carbocycles. The van der Waals surface area contributed by atoms with Crippen LogP contribution in [0.3, 0.4) is 0 Å². The van der Waals surface area contributed by atoms with Crippen LogP contribution in [0.4, 0.5) is 0 Å². The average Bonchev–Trinajstić information content (AvgIpc) is 2.26. The van der Waals surface area contributed by atoms with Crippen LogP contribution >= 0.6 is 0 Å². The summed E-state index contributed by atoms with van der Waals surface area (Å²) < 4.78 is 32.3. The number of rotatable bonds is 2. The van der Waals surface area contributed by atoms with Crippen LogP contribution in [-0.4, -0.2) is 18.2 Å². The van der Waals surface area contributed by atoms with Crippen LogP contribution in [0.2, 0.25) is 0 Å². The fraction of sp³-hybridized carbons (Fsp3) is 1.00. The van der Waals surface area contributed by atoms with Crippen LogP contribution < -0.4 is 0 Å². The molecule has 0 heterocycles. The molecule has 0 bridgehead atoms. The Morgan fingerprint density at radius 1 is 1.00 bits per heavy atom. The van der Waals surface area contributed by atoms with Crippen molar-refractivity contribution in [3.63, 3.8) is 0 Å². The molecule has 100 valence electrons. The zero-order valence-corrected chi connectivity index (χ0v) is 11.6. The molecule has 2 aliphatic rings. The van der Waals surface area contributed by atoms with E-state index < -0.39 is 15.4 Å². The molecular weight excluding hydrogens is 236 g/mol. The van der Waals surface area contributed by atoms with Gasteiger partial charge in [-0.15, -0.1) is 0 Å². The summed E-state index contributed by atoms with van der Waals surface area (Å²) in [4.78, 5) is 0. The van der Waals surface area contributed by atoms with Crippen molar-refractivity contribution in [3.8, 4) is 0 Å². The lowest BCUT2D eigenvalue weighted by Crippen LogP contribution is -2.44. The zero-order chi connectivity index (χ0) is 12.6. The normalized spacial score (nSPS) is 39.1. The van der Waals surface area contributed by atoms with Crippen LogP contribution in [-0.2, 0) is 10.1 Å². The molecule has 0 radical (unpaired) electrons. The lowest BCUT2D eigenvalue weighted by Gasteiger charge is -2.46. The van der Waals surface area contributed by atoms with Crippen molar-refractivity contribution in [2.75, 3.05) is 0 Å². The second-order valence-corrected chi connectivity index (χ2v) is 7.79. The summed E-state index contributed by atoms with van der Waals surface area (Å²) in [5.41, 5.74) is 0. The summed E-state index contributed by atoms with van der Waals surface area (Å²) in [5, 5.41) is -0.484. The van der Waals surface area contributed by atoms with Gasteiger partial charge in [0.15, 0.2) is 0 Å². The summed E-state index contributed by atoms with van der Waals surface area (Å²) in [5.74, 6) is 2.01. The van der Waals surface area contributed by atoms with E-state index in [1.165, 1.54) is 6.42 Å². The van der Waals surface area contributed by atoms with E-state index >= 15 is 0 Å². The average molecular weight is 260 g/mol. The predicted octanol–water partition coefficient (Wildman–Crippen LogP) is 3.12. The Bertz CT molecular complexity index is 361. The quantitative estimate of drug-likeness (QED) is 0.776. The Kier molecular flexibility index (Phi) is 3.83. The second kappa shape index (κ2) is 4.88. The van der Waals surface area contributed by atoms with Crippen molar-refractivity contribution >= 4 is 10.1 Å². The molecule has 1 N–H and O–H groups in total. The molecule has 0 aromatic carbocycles. The van der Waals surface area contributed by atoms with Crippen molar-refractivity contribution in [2.24, 2.45) is 23.7 Å². The van der Waals surface area contributed by atoms with E-state index in [0.717, 1.165) is 25.7 Å². The van der Waals surface area contributed by atoms with E-state index in [1.54, 1.807) is 0 Å². The van der Waals surface area contributed by atoms with E-state index in [0.29, 0.717) is 24.2 Å². The third-order valence-corrected chi connectivity index (χ3v) is 6.28. The van der Waals surface area contributed by atoms with Crippen molar-refractivity contribution < 1.29 is 13.0 Å². The Morgan fingerprint density at radius 3 is 2.12 bits per heavy atom. The molecule has 4 unspecified atom stereocenters. The van der Waals surface area contributed by atoms with Gasteiger partial charge in [-0.05, 0) is 49.4 Å². The highest BCUT2D eigenvalue weighted by Crippen LogP contribution is 2.48. The molecule has 0 saturated heterocycles. The van der Waals surface area contributed by atoms with Gasteiger partial charge in [0.1, 0.15) is 0 Å². The second-order valence-electron chi connectivity index (χ2n) is 6.15. The van der Waals surface area contributed by atoms with E-state index in [9.17, 15) is 13.0 Å². The first-order valence-corrected chi connectivity index (χ1v) is 8.38. The maximum Gasteiger partial charge on any atom is 0.268 e. The summed E-state index contributed by atoms with van der Waals surface area (Å²) in [6.07, 6.45) is 6.10. The van der Waals surface area contributed by atoms with Gasteiger partial charge in [0.25, 0.3) is 10.1 Å². The maximum atomic E-state index is 11.5. The Hall–Kier alpha value is -0.0900. The van der Waals surface area contributed by atoms with Crippen molar-refractivity contribution in [1.29, 1.82) is 0 Å². The third-order valence-electron chi connectivity index (χ3n) is 4.93. The molecule has 2 aliphatic carbocycles. The summed E-state index contributed by atoms with van der Waals surface area (Å²) in [6.45, 7) is 4.48. The molecule has 0 aromatic heterocycles. The fourth-order valence-corrected chi connectivity index (χ4v) is 5.38. The maximum absolute atomic E-state index is 11.5. The zero-order valence-electron chi connectivity index (χ0n) is 10.8. The van der Waals surface area contributed by atoms with Gasteiger partial charge in [0.05, 0.1) is 5.25 Å². The molecule has 17 heavy (non-hydrogen) atoms. The van der Waals surface area contributed by atoms with Crippen LogP contribution in [0, 0.1) is 23.7 Å². The van der Waals surface area contributed by atoms with Crippen molar-refractivity contribution in [2.45, 2.75) is 57.6 Å². The van der Waals surface area contributed by atoms with Gasteiger partial charge in [0, 0.05) is 0 Å². The first kappa shape index (κ1) is 13.3. The van der Waals surface area contributed by atoms with Crippen LogP contribution in [0.5, 0.6) is 0 Å². The highest BCUT2D eigenvalue weighted by Gasteiger charge is 2.45. The van der Waals surface area contributed by atoms with E-state index in [2.05, 4.69) is 13.8 Å². The molecule has 3 nitrogen and oxygen atoms in total. The smallest absolute Gasteiger partial charge is 0.268 e. The third kappa shape index (κ3) is 2.68. The molecule has 0 spiro atoms. The van der Waals surface area contributed by atoms with E-state index in [1.807, 2.05) is 0 Å². The fourth-order valence-electron chi connectivity index (χ4n) is 4.16. The minimum Gasteiger partial charge on any atom is -0.285 e. The largest absolute Gasteiger partial charge is 0.285 e. The van der Waals surface area contributed by atoms with Gasteiger partial charge in [-0.3, -0.25) is 4.55 Å². The number of hydrogen-bond acceptors (Lipinski definition) is 2. The molecule has 0 amide bonds. The lowest BCUT2D eigenvalue weighted by molar-refractivity contribution is 0.0752. The van der Waals surface area contributed by atoms with Crippen molar-refractivity contribution in [1.82, 2.24) is 0 Å². The lowest BCUT2D eigenvalue weighted by atomic mass is 9.62. The molecule has 0 aliphatic heterocycles. The standard InChI is InChI=1S/C13H24O3S/c1-9(2)10-7-8-13(17(14,15)16)12-6-4-3-5-11(10)12/h9-13H,3-8H2,1-2H3,(H,14,15,16). The summed E-state index contributed by atoms with van der Waals surface area (Å²) in [7, 11) is -3.85. The summed E-state index contributed by atoms with van der Waals surface area (Å²) in [6, 6.07) is 0. The summed E-state index contributed by atoms with van der Waals surface area (Å²) >= 11 is 0. The number of fused-ring (bicyclic) bond motifs is 1. The Morgan fingerprint density at radius 2 is 1.59 bits per heavy atom. The van der Waals surface area contributed by atoms with Gasteiger partial charge in [-0.1, -0.05) is 26.7 Å².